The van der Waals surface area contributed by atoms with Crippen LogP contribution in [0.2, 0.25) is 0 Å². The summed E-state index contributed by atoms with van der Waals surface area (Å²) in [6.07, 6.45) is 1.82. The van der Waals surface area contributed by atoms with Gasteiger partial charge >= 0.3 is 0 Å². The number of halogens is 2. The lowest BCUT2D eigenvalue weighted by molar-refractivity contribution is 0.420. The van der Waals surface area contributed by atoms with Crippen molar-refractivity contribution in [3.8, 4) is 17.1 Å². The minimum Gasteiger partial charge on any atom is -0.492 e. The van der Waals surface area contributed by atoms with E-state index in [1.807, 2.05) is 6.26 Å². The highest BCUT2D eigenvalue weighted by Crippen LogP contribution is 2.31. The van der Waals surface area contributed by atoms with Gasteiger partial charge in [0, 0.05) is 17.7 Å². The molecule has 0 aliphatic rings. The number of rotatable bonds is 2. The molecule has 0 spiro atoms. The first kappa shape index (κ1) is 13.8. The van der Waals surface area contributed by atoms with Gasteiger partial charge in [0.1, 0.15) is 11.6 Å². The second-order valence-electron chi connectivity index (χ2n) is 4.48. The van der Waals surface area contributed by atoms with Crippen molar-refractivity contribution in [1.82, 2.24) is 14.6 Å². The molecule has 0 saturated carbocycles. The summed E-state index contributed by atoms with van der Waals surface area (Å²) in [5, 5.41) is 14.3. The average molecular weight is 307 g/mol. The maximum Gasteiger partial charge on any atom is 0.229 e. The third-order valence-corrected chi connectivity index (χ3v) is 4.00. The molecule has 21 heavy (non-hydrogen) atoms. The fraction of sp³-hybridized carbons (Fsp3) is 0.143. The van der Waals surface area contributed by atoms with E-state index in [1.54, 1.807) is 13.0 Å². The summed E-state index contributed by atoms with van der Waals surface area (Å²) in [4.78, 5) is 4.93. The normalized spacial score (nSPS) is 11.2. The first-order valence-corrected chi connectivity index (χ1v) is 7.32. The molecule has 1 aromatic carbocycles. The lowest BCUT2D eigenvalue weighted by Crippen LogP contribution is -1.97. The predicted octanol–water partition coefficient (Wildman–Crippen LogP) is 3.41. The van der Waals surface area contributed by atoms with Crippen LogP contribution >= 0.6 is 11.8 Å². The van der Waals surface area contributed by atoms with Gasteiger partial charge < -0.3 is 5.11 Å². The van der Waals surface area contributed by atoms with Gasteiger partial charge in [-0.05, 0) is 25.3 Å². The molecule has 2 heterocycles. The Balaban J connectivity index is 2.24. The van der Waals surface area contributed by atoms with Crippen LogP contribution in [-0.4, -0.2) is 26.0 Å². The molecule has 0 radical (unpaired) electrons. The molecule has 0 amide bonds. The van der Waals surface area contributed by atoms with E-state index >= 15 is 0 Å². The van der Waals surface area contributed by atoms with E-state index in [9.17, 15) is 13.9 Å². The topological polar surface area (TPSA) is 50.4 Å². The van der Waals surface area contributed by atoms with Crippen molar-refractivity contribution in [2.45, 2.75) is 11.8 Å². The van der Waals surface area contributed by atoms with Crippen LogP contribution in [0.4, 0.5) is 8.78 Å². The molecule has 0 unspecified atom stereocenters. The standard InChI is InChI=1S/C14H11F2N3OS/c1-7-13(21-2)14(20)19-12(17-7)6-11(18-19)9-4-3-8(15)5-10(9)16/h3-6,20H,1-2H3. The second-order valence-corrected chi connectivity index (χ2v) is 5.29. The Morgan fingerprint density at radius 1 is 1.24 bits per heavy atom. The van der Waals surface area contributed by atoms with Crippen LogP contribution in [0.1, 0.15) is 5.69 Å². The van der Waals surface area contributed by atoms with Gasteiger partial charge in [-0.1, -0.05) is 0 Å². The summed E-state index contributed by atoms with van der Waals surface area (Å²) in [5.74, 6) is -1.40. The van der Waals surface area contributed by atoms with Crippen LogP contribution in [0.5, 0.6) is 5.88 Å². The van der Waals surface area contributed by atoms with Gasteiger partial charge in [-0.15, -0.1) is 11.8 Å². The Morgan fingerprint density at radius 2 is 2.00 bits per heavy atom. The molecule has 0 fully saturated rings. The number of fused-ring (bicyclic) bond motifs is 1. The monoisotopic (exact) mass is 307 g/mol. The Bertz CT molecular complexity index is 848. The van der Waals surface area contributed by atoms with Crippen LogP contribution in [0, 0.1) is 18.6 Å². The van der Waals surface area contributed by atoms with Crippen LogP contribution in [-0.2, 0) is 0 Å². The molecule has 1 N–H and O–H groups in total. The maximum atomic E-state index is 13.8. The Morgan fingerprint density at radius 3 is 2.67 bits per heavy atom. The van der Waals surface area contributed by atoms with E-state index in [4.69, 9.17) is 0 Å². The Hall–Kier alpha value is -2.15. The van der Waals surface area contributed by atoms with Gasteiger partial charge in [0.2, 0.25) is 5.88 Å². The van der Waals surface area contributed by atoms with Crippen molar-refractivity contribution in [1.29, 1.82) is 0 Å². The van der Waals surface area contributed by atoms with Crippen molar-refractivity contribution in [3.05, 3.63) is 41.6 Å². The highest BCUT2D eigenvalue weighted by Gasteiger charge is 2.16. The number of nitrogens with zero attached hydrogens (tertiary/aromatic N) is 3. The van der Waals surface area contributed by atoms with Gasteiger partial charge in [0.15, 0.2) is 5.65 Å². The molecule has 0 atom stereocenters. The molecule has 0 saturated heterocycles. The first-order valence-electron chi connectivity index (χ1n) is 6.10. The zero-order valence-electron chi connectivity index (χ0n) is 11.3. The summed E-state index contributed by atoms with van der Waals surface area (Å²) in [5.41, 5.74) is 1.51. The van der Waals surface area contributed by atoms with Crippen molar-refractivity contribution in [2.75, 3.05) is 6.26 Å². The second kappa shape index (κ2) is 5.00. The number of aryl methyl sites for hydroxylation is 1. The van der Waals surface area contributed by atoms with Crippen molar-refractivity contribution in [3.63, 3.8) is 0 Å². The molecule has 3 rings (SSSR count). The largest absolute Gasteiger partial charge is 0.492 e. The van der Waals surface area contributed by atoms with Crippen molar-refractivity contribution >= 4 is 17.4 Å². The van der Waals surface area contributed by atoms with E-state index in [-0.39, 0.29) is 17.1 Å². The summed E-state index contributed by atoms with van der Waals surface area (Å²) in [6, 6.07) is 4.82. The molecule has 3 aromatic rings. The summed E-state index contributed by atoms with van der Waals surface area (Å²) >= 11 is 1.35. The smallest absolute Gasteiger partial charge is 0.229 e. The molecule has 108 valence electrons. The van der Waals surface area contributed by atoms with Gasteiger partial charge in [0.25, 0.3) is 0 Å². The highest BCUT2D eigenvalue weighted by atomic mass is 32.2. The molecule has 4 nitrogen and oxygen atoms in total. The van der Waals surface area contributed by atoms with E-state index in [1.165, 1.54) is 22.3 Å². The van der Waals surface area contributed by atoms with Gasteiger partial charge in [-0.3, -0.25) is 0 Å². The van der Waals surface area contributed by atoms with Crippen LogP contribution in [0.15, 0.2) is 29.2 Å². The zero-order chi connectivity index (χ0) is 15.1. The summed E-state index contributed by atoms with van der Waals surface area (Å²) in [7, 11) is 0. The summed E-state index contributed by atoms with van der Waals surface area (Å²) < 4.78 is 28.0. The molecule has 0 aliphatic carbocycles. The average Bonchev–Trinajstić information content (AvgIpc) is 2.83. The van der Waals surface area contributed by atoms with Gasteiger partial charge in [0.05, 0.1) is 16.3 Å². The Labute approximate surface area is 123 Å². The predicted molar refractivity (Wildman–Crippen MR) is 76.5 cm³/mol. The lowest BCUT2D eigenvalue weighted by Gasteiger charge is -2.05. The van der Waals surface area contributed by atoms with E-state index in [0.717, 1.165) is 12.1 Å². The number of benzene rings is 1. The fourth-order valence-corrected chi connectivity index (χ4v) is 2.77. The van der Waals surface area contributed by atoms with Crippen LogP contribution in [0.3, 0.4) is 0 Å². The van der Waals surface area contributed by atoms with Crippen LogP contribution < -0.4 is 0 Å². The third-order valence-electron chi connectivity index (χ3n) is 3.12. The molecule has 2 aromatic heterocycles. The number of hydrogen-bond donors (Lipinski definition) is 1. The first-order chi connectivity index (χ1) is 10.0. The molecular formula is C14H11F2N3OS. The lowest BCUT2D eigenvalue weighted by atomic mass is 10.1. The Kier molecular flexibility index (Phi) is 3.29. The molecule has 7 heteroatoms. The third kappa shape index (κ3) is 2.23. The highest BCUT2D eigenvalue weighted by molar-refractivity contribution is 7.98. The fourth-order valence-electron chi connectivity index (χ4n) is 2.16. The number of thioether (sulfide) groups is 1. The maximum absolute atomic E-state index is 13.8. The quantitative estimate of drug-likeness (QED) is 0.737. The minimum absolute atomic E-state index is 0.0428. The van der Waals surface area contributed by atoms with Crippen molar-refractivity contribution < 1.29 is 13.9 Å². The molecule has 0 aliphatic heterocycles. The SMILES string of the molecule is CSc1c(C)nc2cc(-c3ccc(F)cc3F)nn2c1O. The number of hydrogen-bond acceptors (Lipinski definition) is 4. The number of aromatic nitrogens is 3. The minimum atomic E-state index is -0.709. The molecule has 0 bridgehead atoms. The summed E-state index contributed by atoms with van der Waals surface area (Å²) in [6.45, 7) is 1.77. The van der Waals surface area contributed by atoms with Gasteiger partial charge in [-0.2, -0.15) is 9.61 Å². The molecular weight excluding hydrogens is 296 g/mol. The van der Waals surface area contributed by atoms with E-state index in [2.05, 4.69) is 10.1 Å². The van der Waals surface area contributed by atoms with Gasteiger partial charge in [-0.25, -0.2) is 13.8 Å². The van der Waals surface area contributed by atoms with E-state index in [0.29, 0.717) is 16.2 Å². The zero-order valence-corrected chi connectivity index (χ0v) is 12.1. The van der Waals surface area contributed by atoms with Crippen LogP contribution in [0.25, 0.3) is 16.9 Å². The van der Waals surface area contributed by atoms with E-state index < -0.39 is 11.6 Å². The van der Waals surface area contributed by atoms with Crippen molar-refractivity contribution in [2.24, 2.45) is 0 Å². The number of aromatic hydroxyl groups is 1.